The molecule has 1 amide bonds. The highest BCUT2D eigenvalue weighted by Gasteiger charge is 2.15. The number of aryl methyl sites for hydroxylation is 1. The Morgan fingerprint density at radius 3 is 2.77 bits per heavy atom. The minimum Gasteiger partial charge on any atom is -0.444 e. The van der Waals surface area contributed by atoms with Crippen LogP contribution in [0.1, 0.15) is 33.4 Å². The summed E-state index contributed by atoms with van der Waals surface area (Å²) in [6, 6.07) is 0. The van der Waals surface area contributed by atoms with Crippen LogP contribution in [0.15, 0.2) is 24.9 Å². The predicted molar refractivity (Wildman–Crippen MR) is 83.0 cm³/mol. The van der Waals surface area contributed by atoms with Gasteiger partial charge in [-0.1, -0.05) is 0 Å². The lowest BCUT2D eigenvalue weighted by Gasteiger charge is -2.19. The van der Waals surface area contributed by atoms with E-state index in [9.17, 15) is 4.79 Å². The molecule has 120 valence electrons. The zero-order valence-corrected chi connectivity index (χ0v) is 13.5. The quantitative estimate of drug-likeness (QED) is 0.918. The zero-order chi connectivity index (χ0) is 16.2. The number of aromatic nitrogens is 4. The van der Waals surface area contributed by atoms with Crippen molar-refractivity contribution in [2.24, 2.45) is 0 Å². The third kappa shape index (κ3) is 4.34. The van der Waals surface area contributed by atoms with Crippen molar-refractivity contribution >= 4 is 6.09 Å². The molecule has 2 aromatic rings. The van der Waals surface area contributed by atoms with Crippen LogP contribution in [0.4, 0.5) is 4.79 Å². The van der Waals surface area contributed by atoms with Gasteiger partial charge in [-0.3, -0.25) is 4.68 Å². The predicted octanol–water partition coefficient (Wildman–Crippen LogP) is 2.16. The first-order valence-corrected chi connectivity index (χ1v) is 7.40. The number of imidazole rings is 1. The Morgan fingerprint density at radius 1 is 1.36 bits per heavy atom. The third-order valence-electron chi connectivity index (χ3n) is 2.99. The number of hydrogen-bond donors (Lipinski definition) is 1. The second-order valence-electron chi connectivity index (χ2n) is 5.99. The van der Waals surface area contributed by atoms with Crippen molar-refractivity contribution in [3.05, 3.63) is 30.6 Å². The number of ether oxygens (including phenoxy) is 1. The highest BCUT2D eigenvalue weighted by Crippen LogP contribution is 2.11. The summed E-state index contributed by atoms with van der Waals surface area (Å²) >= 11 is 0. The van der Waals surface area contributed by atoms with Crippen molar-refractivity contribution in [3.8, 4) is 5.69 Å². The SMILES string of the molecule is CCn1cc(-n2cncc2CCNC(=O)OC(C)(C)C)cn1. The summed E-state index contributed by atoms with van der Waals surface area (Å²) in [4.78, 5) is 15.8. The molecule has 0 radical (unpaired) electrons. The largest absolute Gasteiger partial charge is 0.444 e. The number of nitrogens with zero attached hydrogens (tertiary/aromatic N) is 4. The van der Waals surface area contributed by atoms with Crippen LogP contribution in [0.3, 0.4) is 0 Å². The van der Waals surface area contributed by atoms with Gasteiger partial charge in [-0.15, -0.1) is 0 Å². The van der Waals surface area contributed by atoms with Crippen LogP contribution in [0.5, 0.6) is 0 Å². The van der Waals surface area contributed by atoms with E-state index in [0.717, 1.165) is 17.9 Å². The van der Waals surface area contributed by atoms with E-state index < -0.39 is 11.7 Å². The van der Waals surface area contributed by atoms with Crippen LogP contribution < -0.4 is 5.32 Å². The standard InChI is InChI=1S/C15H23N5O2/c1-5-19-10-13(9-18-19)20-11-16-8-12(20)6-7-17-14(21)22-15(2,3)4/h8-11H,5-7H2,1-4H3,(H,17,21). The Balaban J connectivity index is 1.92. The molecule has 7 heteroatoms. The molecule has 0 fully saturated rings. The molecule has 0 saturated heterocycles. The molecule has 0 atom stereocenters. The maximum absolute atomic E-state index is 11.6. The van der Waals surface area contributed by atoms with E-state index >= 15 is 0 Å². The van der Waals surface area contributed by atoms with E-state index in [2.05, 4.69) is 15.4 Å². The maximum Gasteiger partial charge on any atom is 0.407 e. The topological polar surface area (TPSA) is 74.0 Å². The highest BCUT2D eigenvalue weighted by molar-refractivity contribution is 5.67. The zero-order valence-electron chi connectivity index (χ0n) is 13.5. The molecule has 7 nitrogen and oxygen atoms in total. The average Bonchev–Trinajstić information content (AvgIpc) is 3.03. The Bertz CT molecular complexity index is 624. The van der Waals surface area contributed by atoms with Crippen molar-refractivity contribution < 1.29 is 9.53 Å². The molecule has 0 unspecified atom stereocenters. The van der Waals surface area contributed by atoms with Gasteiger partial charge in [0.25, 0.3) is 0 Å². The third-order valence-corrected chi connectivity index (χ3v) is 2.99. The van der Waals surface area contributed by atoms with Crippen LogP contribution >= 0.6 is 0 Å². The van der Waals surface area contributed by atoms with Gasteiger partial charge in [0.05, 0.1) is 18.2 Å². The van der Waals surface area contributed by atoms with E-state index in [1.54, 1.807) is 18.7 Å². The van der Waals surface area contributed by atoms with Crippen LogP contribution in [0.25, 0.3) is 5.69 Å². The molecule has 22 heavy (non-hydrogen) atoms. The first-order chi connectivity index (χ1) is 10.4. The molecule has 0 spiro atoms. The van der Waals surface area contributed by atoms with Crippen molar-refractivity contribution in [2.45, 2.75) is 46.3 Å². The van der Waals surface area contributed by atoms with Crippen molar-refractivity contribution in [3.63, 3.8) is 0 Å². The summed E-state index contributed by atoms with van der Waals surface area (Å²) in [5.74, 6) is 0. The number of hydrogen-bond acceptors (Lipinski definition) is 4. The molecule has 0 saturated carbocycles. The first-order valence-electron chi connectivity index (χ1n) is 7.40. The van der Waals surface area contributed by atoms with E-state index in [1.807, 2.05) is 43.1 Å². The van der Waals surface area contributed by atoms with E-state index in [-0.39, 0.29) is 0 Å². The molecule has 0 aromatic carbocycles. The molecule has 0 bridgehead atoms. The van der Waals surface area contributed by atoms with Gasteiger partial charge in [-0.2, -0.15) is 5.10 Å². The normalized spacial score (nSPS) is 11.5. The molecular formula is C15H23N5O2. The molecule has 2 aromatic heterocycles. The Labute approximate surface area is 130 Å². The molecule has 2 rings (SSSR count). The summed E-state index contributed by atoms with van der Waals surface area (Å²) in [5.41, 5.74) is 1.49. The highest BCUT2D eigenvalue weighted by atomic mass is 16.6. The molecule has 0 aliphatic rings. The van der Waals surface area contributed by atoms with Gasteiger partial charge in [-0.05, 0) is 27.7 Å². The minimum absolute atomic E-state index is 0.405. The van der Waals surface area contributed by atoms with Crippen LogP contribution in [-0.4, -0.2) is 37.6 Å². The van der Waals surface area contributed by atoms with Crippen molar-refractivity contribution in [2.75, 3.05) is 6.54 Å². The molecule has 0 aliphatic heterocycles. The summed E-state index contributed by atoms with van der Waals surface area (Å²) < 4.78 is 9.03. The fourth-order valence-electron chi connectivity index (χ4n) is 2.00. The molecule has 0 aliphatic carbocycles. The summed E-state index contributed by atoms with van der Waals surface area (Å²) in [5, 5.41) is 7.01. The number of carbonyl (C=O) groups excluding carboxylic acids is 1. The average molecular weight is 305 g/mol. The number of carbonyl (C=O) groups is 1. The Hall–Kier alpha value is -2.31. The summed E-state index contributed by atoms with van der Waals surface area (Å²) in [7, 11) is 0. The second-order valence-corrected chi connectivity index (χ2v) is 5.99. The van der Waals surface area contributed by atoms with Crippen molar-refractivity contribution in [1.82, 2.24) is 24.6 Å². The van der Waals surface area contributed by atoms with E-state index in [4.69, 9.17) is 4.74 Å². The minimum atomic E-state index is -0.486. The smallest absolute Gasteiger partial charge is 0.407 e. The van der Waals surface area contributed by atoms with E-state index in [0.29, 0.717) is 13.0 Å². The fourth-order valence-corrected chi connectivity index (χ4v) is 2.00. The number of nitrogens with one attached hydrogen (secondary N) is 1. The van der Waals surface area contributed by atoms with E-state index in [1.165, 1.54) is 0 Å². The van der Waals surface area contributed by atoms with Gasteiger partial charge in [0.2, 0.25) is 0 Å². The summed E-state index contributed by atoms with van der Waals surface area (Å²) in [6.07, 6.45) is 7.57. The van der Waals surface area contributed by atoms with Gasteiger partial charge in [0, 0.05) is 37.6 Å². The molecule has 1 N–H and O–H groups in total. The lowest BCUT2D eigenvalue weighted by Crippen LogP contribution is -2.33. The second kappa shape index (κ2) is 6.64. The first kappa shape index (κ1) is 16.1. The molecule has 2 heterocycles. The van der Waals surface area contributed by atoms with Gasteiger partial charge in [-0.25, -0.2) is 9.78 Å². The van der Waals surface area contributed by atoms with Gasteiger partial charge in [0.15, 0.2) is 0 Å². The number of amides is 1. The van der Waals surface area contributed by atoms with Crippen molar-refractivity contribution in [1.29, 1.82) is 0 Å². The fraction of sp³-hybridized carbons (Fsp3) is 0.533. The van der Waals surface area contributed by atoms with Gasteiger partial charge < -0.3 is 14.6 Å². The van der Waals surface area contributed by atoms with Gasteiger partial charge in [0.1, 0.15) is 5.60 Å². The number of alkyl carbamates (subject to hydrolysis) is 1. The Morgan fingerprint density at radius 2 is 2.14 bits per heavy atom. The van der Waals surface area contributed by atoms with Crippen LogP contribution in [0, 0.1) is 0 Å². The van der Waals surface area contributed by atoms with Gasteiger partial charge >= 0.3 is 6.09 Å². The Kier molecular flexibility index (Phi) is 4.85. The molecular weight excluding hydrogens is 282 g/mol. The monoisotopic (exact) mass is 305 g/mol. The maximum atomic E-state index is 11.6. The lowest BCUT2D eigenvalue weighted by molar-refractivity contribution is 0.0528. The van der Waals surface area contributed by atoms with Crippen LogP contribution in [0.2, 0.25) is 0 Å². The summed E-state index contributed by atoms with van der Waals surface area (Å²) in [6.45, 7) is 8.87. The van der Waals surface area contributed by atoms with Crippen LogP contribution in [-0.2, 0) is 17.7 Å². The lowest BCUT2D eigenvalue weighted by atomic mass is 10.2. The number of rotatable bonds is 5.